The second-order valence-corrected chi connectivity index (χ2v) is 6.93. The molecule has 27 heavy (non-hydrogen) atoms. The summed E-state index contributed by atoms with van der Waals surface area (Å²) in [6.07, 6.45) is 2.46. The van der Waals surface area contributed by atoms with Crippen LogP contribution in [-0.2, 0) is 0 Å². The quantitative estimate of drug-likeness (QED) is 0.833. The third-order valence-electron chi connectivity index (χ3n) is 4.77. The van der Waals surface area contributed by atoms with E-state index in [1.54, 1.807) is 19.0 Å². The van der Waals surface area contributed by atoms with Crippen LogP contribution in [0.25, 0.3) is 11.3 Å². The number of hydrogen-bond acceptors (Lipinski definition) is 6. The van der Waals surface area contributed by atoms with E-state index in [4.69, 9.17) is 9.26 Å². The van der Waals surface area contributed by atoms with Gasteiger partial charge < -0.3 is 24.6 Å². The van der Waals surface area contributed by atoms with E-state index >= 15 is 0 Å². The predicted molar refractivity (Wildman–Crippen MR) is 98.5 cm³/mol. The number of carbonyl (C=O) groups is 1. The fourth-order valence-electron chi connectivity index (χ4n) is 3.27. The first kappa shape index (κ1) is 19.2. The second kappa shape index (κ2) is 7.96. The molecule has 1 aliphatic rings. The molecule has 1 amide bonds. The minimum absolute atomic E-state index is 0.0126. The molecule has 0 aliphatic heterocycles. The van der Waals surface area contributed by atoms with Crippen LogP contribution in [0.1, 0.15) is 36.0 Å². The molecule has 7 nitrogen and oxygen atoms in total. The van der Waals surface area contributed by atoms with E-state index in [1.807, 2.05) is 0 Å². The fourth-order valence-corrected chi connectivity index (χ4v) is 3.27. The summed E-state index contributed by atoms with van der Waals surface area (Å²) in [6, 6.07) is 4.24. The van der Waals surface area contributed by atoms with Crippen LogP contribution < -0.4 is 15.0 Å². The smallest absolute Gasteiger partial charge is 0.259 e. The number of aliphatic hydroxyl groups is 1. The lowest BCUT2D eigenvalue weighted by Crippen LogP contribution is -2.39. The molecule has 0 radical (unpaired) electrons. The van der Waals surface area contributed by atoms with Gasteiger partial charge in [0.25, 0.3) is 5.91 Å². The van der Waals surface area contributed by atoms with E-state index in [0.717, 1.165) is 12.8 Å². The van der Waals surface area contributed by atoms with Crippen LogP contribution in [-0.4, -0.2) is 49.5 Å². The number of carbonyl (C=O) groups excluding carboxylic acids is 1. The van der Waals surface area contributed by atoms with Gasteiger partial charge in [0.05, 0.1) is 13.2 Å². The Morgan fingerprint density at radius 2 is 2.04 bits per heavy atom. The number of anilines is 1. The van der Waals surface area contributed by atoms with Crippen molar-refractivity contribution in [3.8, 4) is 17.1 Å². The standard InChI is InChI=1S/C19H24FN3O4/c1-23(2)18-16(19(25)21-12-5-7-13(24)8-6-12)17(27-22-18)11-4-9-14(20)15(10-11)26-3/h4,9-10,12-13,24H,5-8H2,1-3H3,(H,21,25). The summed E-state index contributed by atoms with van der Waals surface area (Å²) in [5.41, 5.74) is 0.790. The van der Waals surface area contributed by atoms with Crippen molar-refractivity contribution in [1.82, 2.24) is 10.5 Å². The number of hydrogen-bond donors (Lipinski definition) is 2. The number of halogens is 1. The van der Waals surface area contributed by atoms with Crippen molar-refractivity contribution < 1.29 is 23.6 Å². The van der Waals surface area contributed by atoms with E-state index in [-0.39, 0.29) is 29.6 Å². The maximum atomic E-state index is 13.7. The lowest BCUT2D eigenvalue weighted by Gasteiger charge is -2.26. The van der Waals surface area contributed by atoms with Crippen molar-refractivity contribution in [2.24, 2.45) is 0 Å². The number of benzene rings is 1. The second-order valence-electron chi connectivity index (χ2n) is 6.93. The Kier molecular flexibility index (Phi) is 5.65. The molecule has 2 aromatic rings. The minimum atomic E-state index is -0.500. The first-order valence-electron chi connectivity index (χ1n) is 8.90. The summed E-state index contributed by atoms with van der Waals surface area (Å²) >= 11 is 0. The Labute approximate surface area is 157 Å². The lowest BCUT2D eigenvalue weighted by molar-refractivity contribution is 0.0868. The Hall–Kier alpha value is -2.61. The summed E-state index contributed by atoms with van der Waals surface area (Å²) < 4.78 is 24.2. The molecule has 3 rings (SSSR count). The number of aromatic nitrogens is 1. The predicted octanol–water partition coefficient (Wildman–Crippen LogP) is 2.59. The summed E-state index contributed by atoms with van der Waals surface area (Å²) in [5, 5.41) is 16.7. The summed E-state index contributed by atoms with van der Waals surface area (Å²) in [4.78, 5) is 14.7. The molecule has 1 saturated carbocycles. The summed E-state index contributed by atoms with van der Waals surface area (Å²) in [6.45, 7) is 0. The van der Waals surface area contributed by atoms with Gasteiger partial charge in [-0.2, -0.15) is 0 Å². The fraction of sp³-hybridized carbons (Fsp3) is 0.474. The first-order chi connectivity index (χ1) is 12.9. The van der Waals surface area contributed by atoms with Gasteiger partial charge in [0, 0.05) is 25.7 Å². The molecular weight excluding hydrogens is 353 g/mol. The van der Waals surface area contributed by atoms with Gasteiger partial charge in [-0.05, 0) is 43.9 Å². The van der Waals surface area contributed by atoms with Gasteiger partial charge in [0.15, 0.2) is 23.1 Å². The minimum Gasteiger partial charge on any atom is -0.494 e. The number of nitrogens with zero attached hydrogens (tertiary/aromatic N) is 2. The van der Waals surface area contributed by atoms with E-state index in [9.17, 15) is 14.3 Å². The SMILES string of the molecule is COc1cc(-c2onc(N(C)C)c2C(=O)NC2CCC(O)CC2)ccc1F. The van der Waals surface area contributed by atoms with Crippen LogP contribution in [0.15, 0.2) is 22.7 Å². The van der Waals surface area contributed by atoms with Crippen LogP contribution in [0.5, 0.6) is 5.75 Å². The molecule has 0 bridgehead atoms. The molecule has 0 saturated heterocycles. The number of ether oxygens (including phenoxy) is 1. The van der Waals surface area contributed by atoms with Crippen molar-refractivity contribution in [2.45, 2.75) is 37.8 Å². The highest BCUT2D eigenvalue weighted by molar-refractivity contribution is 6.04. The molecule has 146 valence electrons. The lowest BCUT2D eigenvalue weighted by atomic mass is 9.93. The van der Waals surface area contributed by atoms with Crippen molar-refractivity contribution in [1.29, 1.82) is 0 Å². The molecule has 1 aliphatic carbocycles. The maximum absolute atomic E-state index is 13.7. The van der Waals surface area contributed by atoms with E-state index < -0.39 is 5.82 Å². The zero-order valence-corrected chi connectivity index (χ0v) is 15.7. The Morgan fingerprint density at radius 1 is 1.33 bits per heavy atom. The molecule has 1 fully saturated rings. The van der Waals surface area contributed by atoms with Crippen LogP contribution in [0.2, 0.25) is 0 Å². The molecular formula is C19H24FN3O4. The van der Waals surface area contributed by atoms with Crippen LogP contribution >= 0.6 is 0 Å². The number of amides is 1. The zero-order chi connectivity index (χ0) is 19.6. The van der Waals surface area contributed by atoms with Gasteiger partial charge in [0.2, 0.25) is 0 Å². The highest BCUT2D eigenvalue weighted by Crippen LogP contribution is 2.33. The van der Waals surface area contributed by atoms with Crippen LogP contribution in [0.4, 0.5) is 10.2 Å². The molecule has 0 atom stereocenters. The molecule has 1 heterocycles. The van der Waals surface area contributed by atoms with Crippen molar-refractivity contribution in [3.63, 3.8) is 0 Å². The number of nitrogens with one attached hydrogen (secondary N) is 1. The highest BCUT2D eigenvalue weighted by atomic mass is 19.1. The molecule has 8 heteroatoms. The third kappa shape index (κ3) is 4.05. The van der Waals surface area contributed by atoms with Gasteiger partial charge >= 0.3 is 0 Å². The first-order valence-corrected chi connectivity index (χ1v) is 8.90. The van der Waals surface area contributed by atoms with Crippen LogP contribution in [0.3, 0.4) is 0 Å². The molecule has 0 unspecified atom stereocenters. The van der Waals surface area contributed by atoms with Crippen molar-refractivity contribution >= 4 is 11.7 Å². The van der Waals surface area contributed by atoms with Gasteiger partial charge in [0.1, 0.15) is 5.56 Å². The van der Waals surface area contributed by atoms with Crippen molar-refractivity contribution in [2.75, 3.05) is 26.1 Å². The molecule has 1 aromatic heterocycles. The van der Waals surface area contributed by atoms with E-state index in [1.165, 1.54) is 25.3 Å². The topological polar surface area (TPSA) is 87.8 Å². The number of aliphatic hydroxyl groups excluding tert-OH is 1. The van der Waals surface area contributed by atoms with Gasteiger partial charge in [-0.3, -0.25) is 4.79 Å². The average molecular weight is 377 g/mol. The summed E-state index contributed by atoms with van der Waals surface area (Å²) in [7, 11) is 4.90. The highest BCUT2D eigenvalue weighted by Gasteiger charge is 2.29. The van der Waals surface area contributed by atoms with Crippen molar-refractivity contribution in [3.05, 3.63) is 29.6 Å². The average Bonchev–Trinajstić information content (AvgIpc) is 3.09. The van der Waals surface area contributed by atoms with Gasteiger partial charge in [-0.1, -0.05) is 5.16 Å². The normalized spacial score (nSPS) is 19.6. The summed E-state index contributed by atoms with van der Waals surface area (Å²) in [5.74, 6) is -0.102. The maximum Gasteiger partial charge on any atom is 0.259 e. The Bertz CT molecular complexity index is 813. The van der Waals surface area contributed by atoms with Crippen LogP contribution in [0, 0.1) is 5.82 Å². The largest absolute Gasteiger partial charge is 0.494 e. The monoisotopic (exact) mass is 377 g/mol. The zero-order valence-electron chi connectivity index (χ0n) is 15.7. The number of rotatable bonds is 5. The van der Waals surface area contributed by atoms with Gasteiger partial charge in [-0.25, -0.2) is 4.39 Å². The van der Waals surface area contributed by atoms with Gasteiger partial charge in [-0.15, -0.1) is 0 Å². The van der Waals surface area contributed by atoms with E-state index in [0.29, 0.717) is 29.8 Å². The molecule has 2 N–H and O–H groups in total. The molecule has 0 spiro atoms. The number of methoxy groups -OCH3 is 1. The Morgan fingerprint density at radius 3 is 2.67 bits per heavy atom. The van der Waals surface area contributed by atoms with E-state index in [2.05, 4.69) is 10.5 Å². The Balaban J connectivity index is 1.93. The molecule has 1 aromatic carbocycles. The third-order valence-corrected chi connectivity index (χ3v) is 4.77.